The summed E-state index contributed by atoms with van der Waals surface area (Å²) in [5.41, 5.74) is 0.558. The van der Waals surface area contributed by atoms with E-state index in [-0.39, 0.29) is 11.1 Å². The minimum absolute atomic E-state index is 0.149. The van der Waals surface area contributed by atoms with Crippen LogP contribution in [0.1, 0.15) is 30.3 Å². The van der Waals surface area contributed by atoms with Gasteiger partial charge in [0.25, 0.3) is 0 Å². The molecule has 166 valence electrons. The fourth-order valence-corrected chi connectivity index (χ4v) is 5.32. The number of anilines is 1. The van der Waals surface area contributed by atoms with Crippen molar-refractivity contribution < 1.29 is 13.9 Å². The van der Waals surface area contributed by atoms with Crippen LogP contribution in [-0.2, 0) is 6.54 Å². The second kappa shape index (κ2) is 7.85. The van der Waals surface area contributed by atoms with Gasteiger partial charge >= 0.3 is 0 Å². The number of nitrogens with one attached hydrogen (secondary N) is 3. The molecule has 4 N–H and O–H groups in total. The van der Waals surface area contributed by atoms with Gasteiger partial charge < -0.3 is 20.7 Å². The molecular weight excluding hydrogens is 452 g/mol. The average Bonchev–Trinajstić information content (AvgIpc) is 3.39. The van der Waals surface area contributed by atoms with Crippen LogP contribution in [0, 0.1) is 11.6 Å². The fourth-order valence-electron chi connectivity index (χ4n) is 4.45. The summed E-state index contributed by atoms with van der Waals surface area (Å²) in [5, 5.41) is 20.6. The van der Waals surface area contributed by atoms with Gasteiger partial charge in [0.2, 0.25) is 0 Å². The highest BCUT2D eigenvalue weighted by Crippen LogP contribution is 2.44. The van der Waals surface area contributed by atoms with Gasteiger partial charge in [-0.05, 0) is 31.4 Å². The molecule has 0 bridgehead atoms. The Morgan fingerprint density at radius 1 is 1.22 bits per heavy atom. The monoisotopic (exact) mass is 473 g/mol. The van der Waals surface area contributed by atoms with Gasteiger partial charge in [-0.25, -0.2) is 8.78 Å². The number of aromatic nitrogens is 1. The Kier molecular flexibility index (Phi) is 5.25. The molecule has 32 heavy (non-hydrogen) atoms. The molecular formula is C24H22ClF2N3OS. The third kappa shape index (κ3) is 3.40. The smallest absolute Gasteiger partial charge is 0.140 e. The van der Waals surface area contributed by atoms with E-state index in [2.05, 4.69) is 15.6 Å². The number of aromatic amines is 1. The van der Waals surface area contributed by atoms with Crippen LogP contribution in [0.4, 0.5) is 14.5 Å². The average molecular weight is 474 g/mol. The van der Waals surface area contributed by atoms with Crippen LogP contribution in [0.25, 0.3) is 22.0 Å². The van der Waals surface area contributed by atoms with Crippen molar-refractivity contribution in [2.45, 2.75) is 38.1 Å². The molecule has 0 unspecified atom stereocenters. The molecule has 2 aromatic carbocycles. The molecule has 0 saturated carbocycles. The Morgan fingerprint density at radius 3 is 2.78 bits per heavy atom. The van der Waals surface area contributed by atoms with E-state index in [9.17, 15) is 5.11 Å². The first-order valence-corrected chi connectivity index (χ1v) is 11.5. The first-order chi connectivity index (χ1) is 15.3. The highest BCUT2D eigenvalue weighted by Gasteiger charge is 2.43. The second-order valence-corrected chi connectivity index (χ2v) is 10.0. The lowest BCUT2D eigenvalue weighted by atomic mass is 9.81. The summed E-state index contributed by atoms with van der Waals surface area (Å²) in [6.45, 7) is 4.08. The second-order valence-electron chi connectivity index (χ2n) is 8.60. The Morgan fingerprint density at radius 2 is 2.03 bits per heavy atom. The van der Waals surface area contributed by atoms with Crippen molar-refractivity contribution in [2.24, 2.45) is 0 Å². The van der Waals surface area contributed by atoms with Gasteiger partial charge in [0, 0.05) is 39.8 Å². The van der Waals surface area contributed by atoms with Gasteiger partial charge in [-0.2, -0.15) is 0 Å². The zero-order valence-electron chi connectivity index (χ0n) is 17.5. The summed E-state index contributed by atoms with van der Waals surface area (Å²) in [5.74, 6) is -1.39. The number of H-pyrrole nitrogens is 1. The standard InChI is InChI=1S/C24H22ClF2N3OS/c1-24(2)23(31)22(28-10-12-5-4-8-32-12)19-17(30-24)9-16(26)18(20(19)27)14-7-3-6-13-15(25)11-29-21(13)14/h3-9,11,22-23,28-31H,10H2,1-2H3/t22-,23+/m0/s1. The summed E-state index contributed by atoms with van der Waals surface area (Å²) in [7, 11) is 0. The van der Waals surface area contributed by atoms with E-state index in [0.717, 1.165) is 4.88 Å². The molecule has 1 aliphatic heterocycles. The van der Waals surface area contributed by atoms with Crippen LogP contribution in [0.3, 0.4) is 0 Å². The molecule has 0 amide bonds. The van der Waals surface area contributed by atoms with Gasteiger partial charge in [-0.1, -0.05) is 35.9 Å². The van der Waals surface area contributed by atoms with E-state index in [1.165, 1.54) is 6.07 Å². The zero-order valence-corrected chi connectivity index (χ0v) is 19.0. The summed E-state index contributed by atoms with van der Waals surface area (Å²) >= 11 is 7.79. The van der Waals surface area contributed by atoms with Crippen molar-refractivity contribution in [1.29, 1.82) is 0 Å². The van der Waals surface area contributed by atoms with Crippen molar-refractivity contribution in [3.8, 4) is 11.1 Å². The maximum Gasteiger partial charge on any atom is 0.140 e. The minimum Gasteiger partial charge on any atom is -0.389 e. The predicted octanol–water partition coefficient (Wildman–Crippen LogP) is 6.22. The van der Waals surface area contributed by atoms with Crippen LogP contribution >= 0.6 is 22.9 Å². The third-order valence-electron chi connectivity index (χ3n) is 6.09. The van der Waals surface area contributed by atoms with E-state index in [1.54, 1.807) is 35.7 Å². The molecule has 0 saturated heterocycles. The van der Waals surface area contributed by atoms with Crippen molar-refractivity contribution in [1.82, 2.24) is 10.3 Å². The van der Waals surface area contributed by atoms with Gasteiger partial charge in [0.1, 0.15) is 11.6 Å². The lowest BCUT2D eigenvalue weighted by Crippen LogP contribution is -2.54. The van der Waals surface area contributed by atoms with E-state index >= 15 is 8.78 Å². The molecule has 0 radical (unpaired) electrons. The summed E-state index contributed by atoms with van der Waals surface area (Å²) in [6, 6.07) is 9.67. The summed E-state index contributed by atoms with van der Waals surface area (Å²) in [4.78, 5) is 4.08. The Bertz CT molecular complexity index is 1300. The third-order valence-corrected chi connectivity index (χ3v) is 7.28. The van der Waals surface area contributed by atoms with E-state index in [1.807, 2.05) is 31.4 Å². The van der Waals surface area contributed by atoms with Crippen molar-refractivity contribution in [2.75, 3.05) is 5.32 Å². The first kappa shape index (κ1) is 21.4. The molecule has 2 atom stereocenters. The summed E-state index contributed by atoms with van der Waals surface area (Å²) in [6.07, 6.45) is 0.655. The number of halogens is 3. The van der Waals surface area contributed by atoms with Crippen LogP contribution in [0.15, 0.2) is 48.0 Å². The molecule has 5 rings (SSSR count). The van der Waals surface area contributed by atoms with E-state index < -0.39 is 29.3 Å². The van der Waals surface area contributed by atoms with E-state index in [4.69, 9.17) is 11.6 Å². The van der Waals surface area contributed by atoms with Gasteiger partial charge in [-0.3, -0.25) is 0 Å². The maximum atomic E-state index is 16.1. The van der Waals surface area contributed by atoms with Gasteiger partial charge in [0.15, 0.2) is 0 Å². The van der Waals surface area contributed by atoms with Crippen molar-refractivity contribution in [3.05, 3.63) is 75.1 Å². The Hall–Kier alpha value is -2.45. The lowest BCUT2D eigenvalue weighted by Gasteiger charge is -2.44. The molecule has 1 aliphatic rings. The number of benzene rings is 2. The number of thiophene rings is 1. The topological polar surface area (TPSA) is 60.1 Å². The molecule has 0 spiro atoms. The molecule has 8 heteroatoms. The van der Waals surface area contributed by atoms with E-state index in [0.29, 0.717) is 33.7 Å². The largest absolute Gasteiger partial charge is 0.389 e. The normalized spacial score (nSPS) is 19.7. The molecule has 4 aromatic rings. The Labute approximate surface area is 193 Å². The molecule has 4 nitrogen and oxygen atoms in total. The predicted molar refractivity (Wildman–Crippen MR) is 126 cm³/mol. The maximum absolute atomic E-state index is 16.1. The number of aliphatic hydroxyl groups excluding tert-OH is 1. The number of rotatable bonds is 4. The van der Waals surface area contributed by atoms with Crippen LogP contribution in [0.2, 0.25) is 5.02 Å². The number of hydrogen-bond donors (Lipinski definition) is 4. The number of fused-ring (bicyclic) bond motifs is 2. The van der Waals surface area contributed by atoms with Crippen LogP contribution in [0.5, 0.6) is 0 Å². The Balaban J connectivity index is 1.68. The number of hydrogen-bond acceptors (Lipinski definition) is 4. The molecule has 0 fully saturated rings. The van der Waals surface area contributed by atoms with Crippen LogP contribution in [-0.4, -0.2) is 21.7 Å². The van der Waals surface area contributed by atoms with Crippen molar-refractivity contribution in [3.63, 3.8) is 0 Å². The number of aliphatic hydroxyl groups is 1. The highest BCUT2D eigenvalue weighted by atomic mass is 35.5. The van der Waals surface area contributed by atoms with Crippen molar-refractivity contribution >= 4 is 39.5 Å². The van der Waals surface area contributed by atoms with Crippen LogP contribution < -0.4 is 10.6 Å². The summed E-state index contributed by atoms with van der Waals surface area (Å²) < 4.78 is 31.4. The fraction of sp³-hybridized carbons (Fsp3) is 0.250. The SMILES string of the molecule is CC1(C)Nc2cc(F)c(-c3cccc4c(Cl)c[nH]c34)c(F)c2[C@H](NCc2cccs2)[C@H]1O. The molecule has 2 aromatic heterocycles. The molecule has 0 aliphatic carbocycles. The quantitative estimate of drug-likeness (QED) is 0.284. The highest BCUT2D eigenvalue weighted by molar-refractivity contribution is 7.09. The minimum atomic E-state index is -0.946. The van der Waals surface area contributed by atoms with Gasteiger partial charge in [0.05, 0.1) is 33.8 Å². The van der Waals surface area contributed by atoms with Gasteiger partial charge in [-0.15, -0.1) is 11.3 Å². The zero-order chi connectivity index (χ0) is 22.6. The number of para-hydroxylation sites is 1. The molecule has 3 heterocycles. The lowest BCUT2D eigenvalue weighted by molar-refractivity contribution is 0.0664. The first-order valence-electron chi connectivity index (χ1n) is 10.3.